The third-order valence-corrected chi connectivity index (χ3v) is 5.21. The lowest BCUT2D eigenvalue weighted by molar-refractivity contribution is -0.274. The van der Waals surface area contributed by atoms with Gasteiger partial charge in [0.15, 0.2) is 0 Å². The Labute approximate surface area is 198 Å². The molecule has 11 heteroatoms. The second-order valence-corrected chi connectivity index (χ2v) is 7.39. The first-order valence-electron chi connectivity index (χ1n) is 10.7. The number of benzene rings is 2. The zero-order valence-corrected chi connectivity index (χ0v) is 19.2. The van der Waals surface area contributed by atoms with Crippen molar-refractivity contribution in [2.45, 2.75) is 33.2 Å². The van der Waals surface area contributed by atoms with E-state index in [0.717, 1.165) is 23.2 Å². The first-order chi connectivity index (χ1) is 16.6. The van der Waals surface area contributed by atoms with E-state index in [9.17, 15) is 27.2 Å². The molecule has 0 atom stereocenters. The SMILES string of the molecule is CCC(=O)N(C(=O)N(CC)Cc1c(F)cnc2ccc(OC)cc12)c1ccc(OC(F)(F)F)cc1. The molecule has 0 saturated carbocycles. The second kappa shape index (κ2) is 10.6. The molecule has 0 fully saturated rings. The van der Waals surface area contributed by atoms with Gasteiger partial charge in [0, 0.05) is 23.9 Å². The molecule has 0 aliphatic carbocycles. The first kappa shape index (κ1) is 25.7. The maximum Gasteiger partial charge on any atom is 0.573 e. The number of amides is 3. The fourth-order valence-corrected chi connectivity index (χ4v) is 3.45. The summed E-state index contributed by atoms with van der Waals surface area (Å²) in [4.78, 5) is 32.3. The number of anilines is 1. The Bertz CT molecular complexity index is 1220. The average molecular weight is 493 g/mol. The van der Waals surface area contributed by atoms with E-state index in [2.05, 4.69) is 9.72 Å². The van der Waals surface area contributed by atoms with Crippen LogP contribution in [0.1, 0.15) is 25.8 Å². The van der Waals surface area contributed by atoms with Crippen molar-refractivity contribution in [3.8, 4) is 11.5 Å². The highest BCUT2D eigenvalue weighted by Gasteiger charge is 2.32. The van der Waals surface area contributed by atoms with E-state index < -0.39 is 29.9 Å². The molecule has 0 aliphatic heterocycles. The van der Waals surface area contributed by atoms with Gasteiger partial charge in [-0.2, -0.15) is 0 Å². The maximum atomic E-state index is 14.8. The van der Waals surface area contributed by atoms with Gasteiger partial charge in [-0.1, -0.05) is 6.92 Å². The Morgan fingerprint density at radius 3 is 2.26 bits per heavy atom. The van der Waals surface area contributed by atoms with Crippen LogP contribution in [0.3, 0.4) is 0 Å². The van der Waals surface area contributed by atoms with Gasteiger partial charge in [0.25, 0.3) is 0 Å². The molecule has 7 nitrogen and oxygen atoms in total. The summed E-state index contributed by atoms with van der Waals surface area (Å²) in [5.41, 5.74) is 0.728. The van der Waals surface area contributed by atoms with Crippen molar-refractivity contribution in [3.63, 3.8) is 0 Å². The molecular formula is C24H23F4N3O4. The number of imide groups is 1. The number of methoxy groups -OCH3 is 1. The number of pyridine rings is 1. The third-order valence-electron chi connectivity index (χ3n) is 5.21. The zero-order valence-electron chi connectivity index (χ0n) is 19.2. The van der Waals surface area contributed by atoms with E-state index >= 15 is 0 Å². The van der Waals surface area contributed by atoms with Crippen molar-refractivity contribution in [1.29, 1.82) is 0 Å². The van der Waals surface area contributed by atoms with Gasteiger partial charge in [-0.25, -0.2) is 14.1 Å². The maximum absolute atomic E-state index is 14.8. The summed E-state index contributed by atoms with van der Waals surface area (Å²) >= 11 is 0. The van der Waals surface area contributed by atoms with Crippen LogP contribution in [-0.4, -0.2) is 41.8 Å². The summed E-state index contributed by atoms with van der Waals surface area (Å²) in [5, 5.41) is 0.442. The standard InChI is InChI=1S/C24H23F4N3O4/c1-4-22(32)31(15-6-8-16(9-7-15)35-24(26,27)28)23(33)30(5-2)14-19-18-12-17(34-3)10-11-21(18)29-13-20(19)25/h6-13H,4-5,14H2,1-3H3. The number of halogens is 4. The number of alkyl halides is 3. The van der Waals surface area contributed by atoms with Crippen molar-refractivity contribution in [3.05, 3.63) is 60.0 Å². The molecule has 0 spiro atoms. The summed E-state index contributed by atoms with van der Waals surface area (Å²) in [6.45, 7) is 3.14. The smallest absolute Gasteiger partial charge is 0.497 e. The van der Waals surface area contributed by atoms with Crippen LogP contribution in [0.15, 0.2) is 48.7 Å². The lowest BCUT2D eigenvalue weighted by atomic mass is 10.1. The van der Waals surface area contributed by atoms with Crippen LogP contribution in [0.4, 0.5) is 28.0 Å². The van der Waals surface area contributed by atoms with Gasteiger partial charge >= 0.3 is 12.4 Å². The zero-order chi connectivity index (χ0) is 25.8. The minimum Gasteiger partial charge on any atom is -0.497 e. The summed E-state index contributed by atoms with van der Waals surface area (Å²) in [6, 6.07) is 8.54. The predicted molar refractivity (Wildman–Crippen MR) is 121 cm³/mol. The molecule has 3 amide bonds. The molecule has 186 valence electrons. The Kier molecular flexibility index (Phi) is 7.78. The molecule has 3 aromatic rings. The number of hydrogen-bond acceptors (Lipinski definition) is 5. The molecule has 0 N–H and O–H groups in total. The van der Waals surface area contributed by atoms with Crippen LogP contribution in [0.5, 0.6) is 11.5 Å². The number of fused-ring (bicyclic) bond motifs is 1. The minimum absolute atomic E-state index is 0.0478. The number of aromatic nitrogens is 1. The quantitative estimate of drug-likeness (QED) is 0.397. The first-order valence-corrected chi connectivity index (χ1v) is 10.7. The van der Waals surface area contributed by atoms with E-state index in [-0.39, 0.29) is 30.8 Å². The summed E-state index contributed by atoms with van der Waals surface area (Å²) in [7, 11) is 1.47. The number of urea groups is 1. The highest BCUT2D eigenvalue weighted by molar-refractivity contribution is 6.14. The molecule has 35 heavy (non-hydrogen) atoms. The molecular weight excluding hydrogens is 470 g/mol. The van der Waals surface area contributed by atoms with Gasteiger partial charge in [0.2, 0.25) is 5.91 Å². The Morgan fingerprint density at radius 1 is 1.03 bits per heavy atom. The van der Waals surface area contributed by atoms with Gasteiger partial charge < -0.3 is 14.4 Å². The Morgan fingerprint density at radius 2 is 1.69 bits per heavy atom. The topological polar surface area (TPSA) is 72.0 Å². The molecule has 0 saturated heterocycles. The molecule has 0 bridgehead atoms. The minimum atomic E-state index is -4.88. The van der Waals surface area contributed by atoms with Crippen molar-refractivity contribution in [1.82, 2.24) is 9.88 Å². The molecule has 0 aliphatic rings. The highest BCUT2D eigenvalue weighted by Crippen LogP contribution is 2.28. The van der Waals surface area contributed by atoms with Gasteiger partial charge in [-0.05, 0) is 49.4 Å². The largest absolute Gasteiger partial charge is 0.573 e. The van der Waals surface area contributed by atoms with Crippen LogP contribution < -0.4 is 14.4 Å². The molecule has 3 rings (SSSR count). The lowest BCUT2D eigenvalue weighted by Crippen LogP contribution is -2.46. The average Bonchev–Trinajstić information content (AvgIpc) is 2.83. The van der Waals surface area contributed by atoms with Gasteiger partial charge in [-0.3, -0.25) is 9.78 Å². The fraction of sp³-hybridized carbons (Fsp3) is 0.292. The van der Waals surface area contributed by atoms with Crippen molar-refractivity contribution in [2.24, 2.45) is 0 Å². The lowest BCUT2D eigenvalue weighted by Gasteiger charge is -2.29. The molecule has 0 radical (unpaired) electrons. The van der Waals surface area contributed by atoms with E-state index in [1.807, 2.05) is 0 Å². The van der Waals surface area contributed by atoms with Crippen LogP contribution in [0.2, 0.25) is 0 Å². The summed E-state index contributed by atoms with van der Waals surface area (Å²) in [6.07, 6.45) is -3.88. The predicted octanol–water partition coefficient (Wildman–Crippen LogP) is 5.67. The number of nitrogens with zero attached hydrogens (tertiary/aromatic N) is 3. The van der Waals surface area contributed by atoms with Crippen molar-refractivity contribution < 1.29 is 36.6 Å². The Hall–Kier alpha value is -3.89. The fourth-order valence-electron chi connectivity index (χ4n) is 3.45. The monoisotopic (exact) mass is 493 g/mol. The van der Waals surface area contributed by atoms with E-state index in [1.165, 1.54) is 24.1 Å². The van der Waals surface area contributed by atoms with E-state index in [4.69, 9.17) is 4.74 Å². The number of carbonyl (C=O) groups excluding carboxylic acids is 2. The number of rotatable bonds is 7. The molecule has 2 aromatic carbocycles. The van der Waals surface area contributed by atoms with Crippen LogP contribution in [0, 0.1) is 5.82 Å². The van der Waals surface area contributed by atoms with Crippen LogP contribution >= 0.6 is 0 Å². The van der Waals surface area contributed by atoms with Crippen molar-refractivity contribution >= 4 is 28.5 Å². The third kappa shape index (κ3) is 5.97. The molecule has 0 unspecified atom stereocenters. The highest BCUT2D eigenvalue weighted by atomic mass is 19.4. The Balaban J connectivity index is 1.96. The van der Waals surface area contributed by atoms with Crippen LogP contribution in [0.25, 0.3) is 10.9 Å². The van der Waals surface area contributed by atoms with Gasteiger partial charge in [0.05, 0.1) is 31.1 Å². The number of hydrogen-bond donors (Lipinski definition) is 0. The molecule has 1 heterocycles. The normalized spacial score (nSPS) is 11.3. The van der Waals surface area contributed by atoms with Crippen LogP contribution in [-0.2, 0) is 11.3 Å². The summed E-state index contributed by atoms with van der Waals surface area (Å²) in [5.74, 6) is -1.24. The number of carbonyl (C=O) groups is 2. The van der Waals surface area contributed by atoms with E-state index in [1.54, 1.807) is 32.0 Å². The summed E-state index contributed by atoms with van der Waals surface area (Å²) < 4.78 is 61.3. The molecule has 1 aromatic heterocycles. The van der Waals surface area contributed by atoms with Crippen molar-refractivity contribution in [2.75, 3.05) is 18.6 Å². The number of ether oxygens (including phenoxy) is 2. The van der Waals surface area contributed by atoms with E-state index in [0.29, 0.717) is 16.7 Å². The van der Waals surface area contributed by atoms with Gasteiger partial charge in [0.1, 0.15) is 17.3 Å². The van der Waals surface area contributed by atoms with Gasteiger partial charge in [-0.15, -0.1) is 13.2 Å². The second-order valence-electron chi connectivity index (χ2n) is 7.39.